The predicted octanol–water partition coefficient (Wildman–Crippen LogP) is 6.65. The normalized spacial score (nSPS) is 21.5. The number of anilines is 1. The van der Waals surface area contributed by atoms with Crippen LogP contribution in [0.4, 0.5) is 15.3 Å². The van der Waals surface area contributed by atoms with Crippen LogP contribution in [0.2, 0.25) is 0 Å². The summed E-state index contributed by atoms with van der Waals surface area (Å²) in [5.41, 5.74) is -0.196. The van der Waals surface area contributed by atoms with Crippen LogP contribution >= 0.6 is 11.3 Å². The highest BCUT2D eigenvalue weighted by atomic mass is 32.2. The summed E-state index contributed by atoms with van der Waals surface area (Å²) < 4.78 is 35.5. The van der Waals surface area contributed by atoms with Crippen LogP contribution in [0.15, 0.2) is 58.7 Å². The van der Waals surface area contributed by atoms with Crippen molar-refractivity contribution in [3.63, 3.8) is 0 Å². The van der Waals surface area contributed by atoms with Crippen molar-refractivity contribution < 1.29 is 22.7 Å². The van der Waals surface area contributed by atoms with E-state index in [-0.39, 0.29) is 28.0 Å². The number of ether oxygens (including phenoxy) is 1. The molecule has 0 spiro atoms. The SMILES string of the molecule is C=N/C=C\C=C/CCNC(=O)Nc1ccc(-c2cnc(C34CCC(NC(=O)OC(C)C)(CC3)CC4)s2)c(S(=O)(=O)NC(C)(C)C)c1. The van der Waals surface area contributed by atoms with Crippen LogP contribution in [0.5, 0.6) is 0 Å². The number of thiazole rings is 1. The Morgan fingerprint density at radius 2 is 1.83 bits per heavy atom. The van der Waals surface area contributed by atoms with Crippen molar-refractivity contribution in [2.75, 3.05) is 11.9 Å². The standard InChI is InChI=1S/C33H46N6O5S2/c1-23(2)44-30(41)38-33-16-13-32(14-17-33,15-18-33)28-36-22-26(45-28)25-12-11-24(21-27(25)46(42,43)39-31(3,4)5)37-29(40)35-20-10-8-7-9-19-34-6/h7-9,11-12,19,21-23,39H,6,10,13-18,20H2,1-5H3,(H,38,41)(H2,35,37,40)/b8-7-,19-9-. The lowest BCUT2D eigenvalue weighted by molar-refractivity contribution is 0.0560. The molecular weight excluding hydrogens is 625 g/mol. The molecule has 4 N–H and O–H groups in total. The second kappa shape index (κ2) is 14.5. The van der Waals surface area contributed by atoms with Gasteiger partial charge in [0.25, 0.3) is 0 Å². The summed E-state index contributed by atoms with van der Waals surface area (Å²) in [6, 6.07) is 4.48. The number of sulfonamides is 1. The Balaban J connectivity index is 1.53. The number of fused-ring (bicyclic) bond motifs is 3. The van der Waals surface area contributed by atoms with Crippen molar-refractivity contribution in [2.45, 2.75) is 107 Å². The van der Waals surface area contributed by atoms with Gasteiger partial charge in [-0.3, -0.25) is 4.99 Å². The van der Waals surface area contributed by atoms with Gasteiger partial charge in [-0.1, -0.05) is 18.2 Å². The van der Waals surface area contributed by atoms with Gasteiger partial charge in [-0.2, -0.15) is 0 Å². The van der Waals surface area contributed by atoms with E-state index in [1.807, 2.05) is 26.0 Å². The first kappa shape index (κ1) is 35.3. The van der Waals surface area contributed by atoms with E-state index in [0.29, 0.717) is 24.2 Å². The Labute approximate surface area is 276 Å². The highest BCUT2D eigenvalue weighted by Crippen LogP contribution is 2.55. The fraction of sp³-hybridized carbons (Fsp3) is 0.515. The second-order valence-electron chi connectivity index (χ2n) is 13.4. The molecule has 0 atom stereocenters. The molecular formula is C33H46N6O5S2. The molecule has 46 heavy (non-hydrogen) atoms. The van der Waals surface area contributed by atoms with E-state index < -0.39 is 21.6 Å². The van der Waals surface area contributed by atoms with Crippen LogP contribution in [0.25, 0.3) is 10.4 Å². The van der Waals surface area contributed by atoms with E-state index in [1.54, 1.807) is 51.4 Å². The molecule has 3 amide bonds. The zero-order valence-corrected chi connectivity index (χ0v) is 28.9. The quantitative estimate of drug-likeness (QED) is 0.113. The van der Waals surface area contributed by atoms with Gasteiger partial charge in [0, 0.05) is 46.7 Å². The summed E-state index contributed by atoms with van der Waals surface area (Å²) >= 11 is 1.51. The molecule has 3 saturated carbocycles. The zero-order chi connectivity index (χ0) is 33.6. The maximum Gasteiger partial charge on any atom is 0.407 e. The summed E-state index contributed by atoms with van der Waals surface area (Å²) in [6.07, 6.45) is 14.0. The second-order valence-corrected chi connectivity index (χ2v) is 16.0. The molecule has 0 saturated heterocycles. The lowest BCUT2D eigenvalue weighted by Gasteiger charge is -2.52. The van der Waals surface area contributed by atoms with E-state index >= 15 is 0 Å². The molecule has 2 aromatic rings. The van der Waals surface area contributed by atoms with E-state index in [4.69, 9.17) is 9.72 Å². The van der Waals surface area contributed by atoms with Gasteiger partial charge in [-0.15, -0.1) is 11.3 Å². The molecule has 0 unspecified atom stereocenters. The minimum Gasteiger partial charge on any atom is -0.447 e. The number of rotatable bonds is 12. The maximum absolute atomic E-state index is 13.7. The summed E-state index contributed by atoms with van der Waals surface area (Å²) in [5, 5.41) is 9.66. The van der Waals surface area contributed by atoms with Crippen molar-refractivity contribution >= 4 is 45.9 Å². The Kier molecular flexibility index (Phi) is 11.1. The van der Waals surface area contributed by atoms with E-state index in [0.717, 1.165) is 48.4 Å². The van der Waals surface area contributed by atoms with Gasteiger partial charge in [0.05, 0.1) is 20.9 Å². The van der Waals surface area contributed by atoms with Crippen molar-refractivity contribution in [3.8, 4) is 10.4 Å². The molecule has 1 aromatic carbocycles. The average molecular weight is 671 g/mol. The van der Waals surface area contributed by atoms with Gasteiger partial charge in [-0.05, 0) is 104 Å². The monoisotopic (exact) mass is 670 g/mol. The molecule has 11 nitrogen and oxygen atoms in total. The molecule has 0 radical (unpaired) electrons. The predicted molar refractivity (Wildman–Crippen MR) is 184 cm³/mol. The number of nitrogens with one attached hydrogen (secondary N) is 4. The fourth-order valence-electron chi connectivity index (χ4n) is 6.01. The minimum atomic E-state index is -3.97. The van der Waals surface area contributed by atoms with Crippen LogP contribution in [0.3, 0.4) is 0 Å². The third-order valence-electron chi connectivity index (χ3n) is 8.19. The highest BCUT2D eigenvalue weighted by molar-refractivity contribution is 7.89. The number of carbonyl (C=O) groups excluding carboxylic acids is 2. The van der Waals surface area contributed by atoms with Crippen LogP contribution in [0, 0.1) is 0 Å². The lowest BCUT2D eigenvalue weighted by atomic mass is 9.57. The minimum absolute atomic E-state index is 0.0673. The first-order valence-electron chi connectivity index (χ1n) is 15.6. The van der Waals surface area contributed by atoms with Crippen molar-refractivity contribution in [2.24, 2.45) is 4.99 Å². The number of alkyl carbamates (subject to hydrolysis) is 1. The number of hydrogen-bond donors (Lipinski definition) is 4. The number of carbonyl (C=O) groups is 2. The molecule has 1 heterocycles. The molecule has 3 fully saturated rings. The van der Waals surface area contributed by atoms with Crippen molar-refractivity contribution in [1.29, 1.82) is 0 Å². The Bertz CT molecular complexity index is 1560. The third kappa shape index (κ3) is 9.04. The molecule has 13 heteroatoms. The Morgan fingerprint density at radius 3 is 2.46 bits per heavy atom. The summed E-state index contributed by atoms with van der Waals surface area (Å²) in [6.45, 7) is 12.8. The first-order valence-corrected chi connectivity index (χ1v) is 17.9. The van der Waals surface area contributed by atoms with Crippen molar-refractivity contribution in [1.82, 2.24) is 20.3 Å². The number of hydrogen-bond acceptors (Lipinski definition) is 8. The number of urea groups is 1. The van der Waals surface area contributed by atoms with Gasteiger partial charge in [-0.25, -0.2) is 27.7 Å². The van der Waals surface area contributed by atoms with Crippen LogP contribution in [0.1, 0.15) is 84.6 Å². The van der Waals surface area contributed by atoms with Gasteiger partial charge in [0.2, 0.25) is 10.0 Å². The Hall–Kier alpha value is -3.55. The van der Waals surface area contributed by atoms with Crippen molar-refractivity contribution in [3.05, 3.63) is 53.8 Å². The number of nitrogens with zero attached hydrogens (tertiary/aromatic N) is 2. The molecule has 2 bridgehead atoms. The zero-order valence-electron chi connectivity index (χ0n) is 27.3. The van der Waals surface area contributed by atoms with Gasteiger partial charge in [0.15, 0.2) is 0 Å². The van der Waals surface area contributed by atoms with Crippen LogP contribution < -0.4 is 20.7 Å². The van der Waals surface area contributed by atoms with Gasteiger partial charge < -0.3 is 20.7 Å². The highest BCUT2D eigenvalue weighted by Gasteiger charge is 2.51. The fourth-order valence-corrected chi connectivity index (χ4v) is 8.97. The summed E-state index contributed by atoms with van der Waals surface area (Å²) in [7, 11) is -3.97. The largest absolute Gasteiger partial charge is 0.447 e. The lowest BCUT2D eigenvalue weighted by Crippen LogP contribution is -2.58. The molecule has 1 aromatic heterocycles. The van der Waals surface area contributed by atoms with E-state index in [1.165, 1.54) is 17.4 Å². The molecule has 5 rings (SSSR count). The van der Waals surface area contributed by atoms with Gasteiger partial charge >= 0.3 is 12.1 Å². The smallest absolute Gasteiger partial charge is 0.407 e. The van der Waals surface area contributed by atoms with E-state index in [9.17, 15) is 18.0 Å². The van der Waals surface area contributed by atoms with Gasteiger partial charge in [0.1, 0.15) is 0 Å². The number of benzene rings is 1. The van der Waals surface area contributed by atoms with Crippen LogP contribution in [-0.4, -0.2) is 56.0 Å². The number of aromatic nitrogens is 1. The molecule has 3 aliphatic carbocycles. The maximum atomic E-state index is 13.7. The number of aliphatic imine (C=N–C) groups is 1. The first-order chi connectivity index (χ1) is 21.7. The third-order valence-corrected chi connectivity index (χ3v) is 11.3. The molecule has 250 valence electrons. The van der Waals surface area contributed by atoms with E-state index in [2.05, 4.69) is 32.4 Å². The number of allylic oxidation sites excluding steroid dienone is 2. The molecule has 3 aliphatic rings. The number of amides is 3. The Morgan fingerprint density at radius 1 is 1.13 bits per heavy atom. The average Bonchev–Trinajstić information content (AvgIpc) is 3.47. The topological polar surface area (TPSA) is 151 Å². The molecule has 0 aliphatic heterocycles. The summed E-state index contributed by atoms with van der Waals surface area (Å²) in [5.74, 6) is 0. The van der Waals surface area contributed by atoms with Crippen LogP contribution in [-0.2, 0) is 20.2 Å². The summed E-state index contributed by atoms with van der Waals surface area (Å²) in [4.78, 5) is 34.2.